The minimum atomic E-state index is -1.42. The van der Waals surface area contributed by atoms with Crippen LogP contribution in [0.15, 0.2) is 66.7 Å². The first-order valence-corrected chi connectivity index (χ1v) is 8.10. The predicted octanol–water partition coefficient (Wildman–Crippen LogP) is 4.05. The number of hydrogen-bond acceptors (Lipinski definition) is 4. The van der Waals surface area contributed by atoms with Gasteiger partial charge in [-0.2, -0.15) is 10.5 Å². The van der Waals surface area contributed by atoms with E-state index in [-0.39, 0.29) is 6.61 Å². The number of amides is 1. The lowest BCUT2D eigenvalue weighted by Crippen LogP contribution is -2.44. The van der Waals surface area contributed by atoms with Crippen molar-refractivity contribution in [2.45, 2.75) is 19.6 Å². The molecule has 2 aromatic carbocycles. The van der Waals surface area contributed by atoms with Gasteiger partial charge in [-0.1, -0.05) is 72.8 Å². The number of rotatable bonds is 6. The van der Waals surface area contributed by atoms with E-state index in [4.69, 9.17) is 4.74 Å². The van der Waals surface area contributed by atoms with Gasteiger partial charge in [0.2, 0.25) is 0 Å². The maximum atomic E-state index is 12.1. The van der Waals surface area contributed by atoms with Gasteiger partial charge in [0.1, 0.15) is 6.61 Å². The van der Waals surface area contributed by atoms with E-state index in [1.807, 2.05) is 72.8 Å². The topological polar surface area (TPSA) is 85.9 Å². The molecule has 1 N–H and O–H groups in total. The Hall–Kier alpha value is -3.57. The van der Waals surface area contributed by atoms with Gasteiger partial charge >= 0.3 is 6.09 Å². The van der Waals surface area contributed by atoms with Gasteiger partial charge in [-0.25, -0.2) is 4.79 Å². The van der Waals surface area contributed by atoms with Crippen molar-refractivity contribution in [1.29, 1.82) is 10.5 Å². The van der Waals surface area contributed by atoms with E-state index >= 15 is 0 Å². The Morgan fingerprint density at radius 2 is 1.69 bits per heavy atom. The summed E-state index contributed by atoms with van der Waals surface area (Å²) in [4.78, 5) is 12.1. The van der Waals surface area contributed by atoms with Crippen molar-refractivity contribution in [3.63, 3.8) is 0 Å². The predicted molar refractivity (Wildman–Crippen MR) is 98.4 cm³/mol. The molecule has 0 aromatic heterocycles. The molecule has 2 rings (SSSR count). The zero-order valence-corrected chi connectivity index (χ0v) is 14.4. The molecule has 1 atom stereocenters. The van der Waals surface area contributed by atoms with Crippen molar-refractivity contribution >= 4 is 12.2 Å². The van der Waals surface area contributed by atoms with E-state index in [9.17, 15) is 15.3 Å². The van der Waals surface area contributed by atoms with Crippen molar-refractivity contribution in [3.8, 4) is 12.1 Å². The van der Waals surface area contributed by atoms with Crippen LogP contribution in [0.2, 0.25) is 0 Å². The molecule has 0 bridgehead atoms. The maximum absolute atomic E-state index is 12.1. The summed E-state index contributed by atoms with van der Waals surface area (Å²) in [7, 11) is 0. The summed E-state index contributed by atoms with van der Waals surface area (Å²) < 4.78 is 5.19. The molecule has 0 heterocycles. The minimum absolute atomic E-state index is 0.109. The van der Waals surface area contributed by atoms with Crippen LogP contribution in [0, 0.1) is 28.1 Å². The third kappa shape index (κ3) is 5.22. The van der Waals surface area contributed by atoms with E-state index in [0.717, 1.165) is 11.1 Å². The second-order valence-electron chi connectivity index (χ2n) is 5.88. The number of alkyl carbamates (subject to hydrolysis) is 1. The molecule has 1 amide bonds. The van der Waals surface area contributed by atoms with Gasteiger partial charge in [0, 0.05) is 0 Å². The summed E-state index contributed by atoms with van der Waals surface area (Å²) in [5.41, 5.74) is 0.328. The molecular weight excluding hydrogens is 326 g/mol. The lowest BCUT2D eigenvalue weighted by molar-refractivity contribution is 0.134. The van der Waals surface area contributed by atoms with Crippen LogP contribution in [0.5, 0.6) is 0 Å². The highest BCUT2D eigenvalue weighted by atomic mass is 16.5. The molecule has 5 heteroatoms. The van der Waals surface area contributed by atoms with Crippen LogP contribution in [-0.2, 0) is 11.3 Å². The molecule has 130 valence electrons. The van der Waals surface area contributed by atoms with Gasteiger partial charge in [0.15, 0.2) is 5.41 Å². The minimum Gasteiger partial charge on any atom is -0.445 e. The van der Waals surface area contributed by atoms with Crippen LogP contribution in [0.4, 0.5) is 4.79 Å². The van der Waals surface area contributed by atoms with Gasteiger partial charge in [0.05, 0.1) is 18.2 Å². The molecule has 26 heavy (non-hydrogen) atoms. The highest BCUT2D eigenvalue weighted by Gasteiger charge is 2.34. The van der Waals surface area contributed by atoms with Crippen molar-refractivity contribution in [2.75, 3.05) is 0 Å². The fourth-order valence-electron chi connectivity index (χ4n) is 2.21. The summed E-state index contributed by atoms with van der Waals surface area (Å²) in [5.74, 6) is 0. The first kappa shape index (κ1) is 18.8. The molecule has 5 nitrogen and oxygen atoms in total. The monoisotopic (exact) mass is 345 g/mol. The van der Waals surface area contributed by atoms with E-state index in [0.29, 0.717) is 0 Å². The quantitative estimate of drug-likeness (QED) is 0.856. The summed E-state index contributed by atoms with van der Waals surface area (Å²) in [6, 6.07) is 21.8. The van der Waals surface area contributed by atoms with Crippen LogP contribution in [0.25, 0.3) is 6.08 Å². The number of nitrogens with one attached hydrogen (secondary N) is 1. The van der Waals surface area contributed by atoms with Crippen LogP contribution in [-0.4, -0.2) is 12.1 Å². The van der Waals surface area contributed by atoms with Crippen LogP contribution in [0.3, 0.4) is 0 Å². The highest BCUT2D eigenvalue weighted by Crippen LogP contribution is 2.21. The highest BCUT2D eigenvalue weighted by molar-refractivity contribution is 5.69. The Morgan fingerprint density at radius 1 is 1.12 bits per heavy atom. The van der Waals surface area contributed by atoms with E-state index in [2.05, 4.69) is 5.32 Å². The Bertz CT molecular complexity index is 819. The number of benzene rings is 2. The number of hydrogen-bond donors (Lipinski definition) is 1. The van der Waals surface area contributed by atoms with Gasteiger partial charge in [-0.05, 0) is 18.1 Å². The Kier molecular flexibility index (Phi) is 6.53. The second-order valence-corrected chi connectivity index (χ2v) is 5.88. The third-order valence-electron chi connectivity index (χ3n) is 3.85. The SMILES string of the molecule is CC(C#N)(C#N)C(/C=C/c1ccccc1)NC(=O)OCc1ccccc1. The third-order valence-corrected chi connectivity index (χ3v) is 3.85. The normalized spacial score (nSPS) is 12.0. The largest absolute Gasteiger partial charge is 0.445 e. The van der Waals surface area contributed by atoms with Crippen LogP contribution in [0.1, 0.15) is 18.1 Å². The van der Waals surface area contributed by atoms with Crippen molar-refractivity contribution in [3.05, 3.63) is 77.9 Å². The standard InChI is InChI=1S/C21H19N3O2/c1-21(15-22,16-23)19(13-12-17-8-4-2-5-9-17)24-20(25)26-14-18-10-6-3-7-11-18/h2-13,19H,14H2,1H3,(H,24,25)/b13-12+. The summed E-state index contributed by atoms with van der Waals surface area (Å²) in [6.45, 7) is 1.59. The Morgan fingerprint density at radius 3 is 2.27 bits per heavy atom. The van der Waals surface area contributed by atoms with Gasteiger partial charge < -0.3 is 10.1 Å². The molecule has 0 spiro atoms. The van der Waals surface area contributed by atoms with E-state index < -0.39 is 17.6 Å². The molecule has 0 aliphatic rings. The molecule has 0 fully saturated rings. The zero-order chi connectivity index (χ0) is 18.8. The van der Waals surface area contributed by atoms with Gasteiger partial charge in [0.25, 0.3) is 0 Å². The average molecular weight is 345 g/mol. The summed E-state index contributed by atoms with van der Waals surface area (Å²) >= 11 is 0. The number of carbonyl (C=O) groups is 1. The lowest BCUT2D eigenvalue weighted by atomic mass is 9.85. The second kappa shape index (κ2) is 9.05. The molecule has 1 unspecified atom stereocenters. The van der Waals surface area contributed by atoms with Gasteiger partial charge in [-0.3, -0.25) is 0 Å². The molecule has 0 saturated carbocycles. The Labute approximate surface area is 153 Å². The summed E-state index contributed by atoms with van der Waals surface area (Å²) in [6.07, 6.45) is 2.70. The van der Waals surface area contributed by atoms with Crippen LogP contribution < -0.4 is 5.32 Å². The lowest BCUT2D eigenvalue weighted by Gasteiger charge is -2.23. The number of carbonyl (C=O) groups excluding carboxylic acids is 1. The fourth-order valence-corrected chi connectivity index (χ4v) is 2.21. The number of nitriles is 2. The first-order valence-electron chi connectivity index (χ1n) is 8.10. The van der Waals surface area contributed by atoms with Crippen LogP contribution >= 0.6 is 0 Å². The Balaban J connectivity index is 2.09. The summed E-state index contributed by atoms with van der Waals surface area (Å²) in [5, 5.41) is 21.4. The fraction of sp³-hybridized carbons (Fsp3) is 0.190. The van der Waals surface area contributed by atoms with Gasteiger partial charge in [-0.15, -0.1) is 0 Å². The molecule has 0 aliphatic heterocycles. The number of ether oxygens (including phenoxy) is 1. The zero-order valence-electron chi connectivity index (χ0n) is 14.4. The first-order chi connectivity index (χ1) is 12.6. The van der Waals surface area contributed by atoms with E-state index in [1.165, 1.54) is 6.92 Å². The average Bonchev–Trinajstić information content (AvgIpc) is 2.70. The van der Waals surface area contributed by atoms with Crippen molar-refractivity contribution in [2.24, 2.45) is 5.41 Å². The van der Waals surface area contributed by atoms with Crippen molar-refractivity contribution in [1.82, 2.24) is 5.32 Å². The number of nitrogens with zero attached hydrogens (tertiary/aromatic N) is 2. The maximum Gasteiger partial charge on any atom is 0.408 e. The molecule has 0 radical (unpaired) electrons. The molecule has 0 aliphatic carbocycles. The van der Waals surface area contributed by atoms with Crippen molar-refractivity contribution < 1.29 is 9.53 Å². The molecule has 0 saturated heterocycles. The smallest absolute Gasteiger partial charge is 0.408 e. The molecular formula is C21H19N3O2. The van der Waals surface area contributed by atoms with E-state index in [1.54, 1.807) is 12.2 Å². The molecule has 2 aromatic rings.